The van der Waals surface area contributed by atoms with Gasteiger partial charge in [-0.1, -0.05) is 6.07 Å². The van der Waals surface area contributed by atoms with Crippen molar-refractivity contribution in [1.82, 2.24) is 5.32 Å². The van der Waals surface area contributed by atoms with Crippen LogP contribution in [0, 0.1) is 6.92 Å². The quantitative estimate of drug-likeness (QED) is 0.852. The van der Waals surface area contributed by atoms with Crippen LogP contribution in [-0.2, 0) is 4.79 Å². The van der Waals surface area contributed by atoms with Crippen LogP contribution in [0.25, 0.3) is 0 Å². The summed E-state index contributed by atoms with van der Waals surface area (Å²) < 4.78 is 5.11. The Labute approximate surface area is 106 Å². The summed E-state index contributed by atoms with van der Waals surface area (Å²) in [7, 11) is 1.47. The van der Waals surface area contributed by atoms with Gasteiger partial charge in [0.15, 0.2) is 0 Å². The van der Waals surface area contributed by atoms with E-state index in [1.54, 1.807) is 18.2 Å². The number of carbonyl (C=O) groups is 2. The zero-order chi connectivity index (χ0) is 13.9. The van der Waals surface area contributed by atoms with Gasteiger partial charge in [-0.3, -0.25) is 4.79 Å². The lowest BCUT2D eigenvalue weighted by molar-refractivity contribution is -0.143. The fraction of sp³-hybridized carbons (Fsp3) is 0.385. The molecule has 0 radical (unpaired) electrons. The lowest BCUT2D eigenvalue weighted by atomic mass is 10.0. The van der Waals surface area contributed by atoms with Crippen molar-refractivity contribution < 1.29 is 19.4 Å². The largest absolute Gasteiger partial charge is 0.496 e. The molecule has 0 bridgehead atoms. The first kappa shape index (κ1) is 14.0. The molecule has 0 aliphatic carbocycles. The minimum atomic E-state index is -1.33. The molecule has 1 amide bonds. The summed E-state index contributed by atoms with van der Waals surface area (Å²) in [5.41, 5.74) is -0.0502. The van der Waals surface area contributed by atoms with Gasteiger partial charge in [0.1, 0.15) is 11.3 Å². The average Bonchev–Trinajstić information content (AvgIpc) is 2.27. The third-order valence-corrected chi connectivity index (χ3v) is 2.56. The number of methoxy groups -OCH3 is 1. The fourth-order valence-electron chi connectivity index (χ4n) is 1.39. The van der Waals surface area contributed by atoms with E-state index in [2.05, 4.69) is 5.32 Å². The number of hydrogen-bond acceptors (Lipinski definition) is 3. The summed E-state index contributed by atoms with van der Waals surface area (Å²) in [5.74, 6) is -1.14. The van der Waals surface area contributed by atoms with Crippen LogP contribution in [-0.4, -0.2) is 29.6 Å². The van der Waals surface area contributed by atoms with E-state index in [1.165, 1.54) is 21.0 Å². The second-order valence-electron chi connectivity index (χ2n) is 4.59. The van der Waals surface area contributed by atoms with E-state index >= 15 is 0 Å². The zero-order valence-corrected chi connectivity index (χ0v) is 10.9. The molecule has 0 spiro atoms. The van der Waals surface area contributed by atoms with E-state index in [0.717, 1.165) is 5.56 Å². The standard InChI is InChI=1S/C13H17NO4/c1-8-5-6-9(10(7-8)18-4)11(15)14-13(2,3)12(16)17/h5-7H,1-4H3,(H,14,15)(H,16,17). The number of carboxylic acids is 1. The van der Waals surface area contributed by atoms with Gasteiger partial charge in [0.25, 0.3) is 5.91 Å². The molecule has 0 saturated carbocycles. The van der Waals surface area contributed by atoms with Gasteiger partial charge in [0.2, 0.25) is 0 Å². The highest BCUT2D eigenvalue weighted by Gasteiger charge is 2.30. The van der Waals surface area contributed by atoms with Crippen molar-refractivity contribution in [3.8, 4) is 5.75 Å². The number of carboxylic acid groups (broad SMARTS) is 1. The molecule has 98 valence electrons. The number of carbonyl (C=O) groups excluding carboxylic acids is 1. The lowest BCUT2D eigenvalue weighted by Gasteiger charge is -2.21. The van der Waals surface area contributed by atoms with Gasteiger partial charge in [-0.25, -0.2) is 4.79 Å². The number of hydrogen-bond donors (Lipinski definition) is 2. The third kappa shape index (κ3) is 3.00. The molecule has 0 aliphatic heterocycles. The Kier molecular flexibility index (Phi) is 3.96. The predicted molar refractivity (Wildman–Crippen MR) is 66.9 cm³/mol. The predicted octanol–water partition coefficient (Wildman–Crippen LogP) is 1.60. The van der Waals surface area contributed by atoms with E-state index in [-0.39, 0.29) is 0 Å². The van der Waals surface area contributed by atoms with E-state index in [1.807, 2.05) is 6.92 Å². The van der Waals surface area contributed by atoms with E-state index in [0.29, 0.717) is 11.3 Å². The molecule has 0 heterocycles. The molecule has 1 aromatic carbocycles. The number of rotatable bonds is 4. The van der Waals surface area contributed by atoms with Crippen LogP contribution in [0.2, 0.25) is 0 Å². The minimum absolute atomic E-state index is 0.317. The van der Waals surface area contributed by atoms with Crippen molar-refractivity contribution in [2.75, 3.05) is 7.11 Å². The Bertz CT molecular complexity index is 480. The zero-order valence-electron chi connectivity index (χ0n) is 10.9. The highest BCUT2D eigenvalue weighted by molar-refractivity contribution is 5.99. The van der Waals surface area contributed by atoms with Crippen LogP contribution in [0.15, 0.2) is 18.2 Å². The molecule has 0 saturated heterocycles. The molecule has 0 fully saturated rings. The Balaban J connectivity index is 3.01. The van der Waals surface area contributed by atoms with Crippen molar-refractivity contribution in [3.05, 3.63) is 29.3 Å². The van der Waals surface area contributed by atoms with Gasteiger partial charge in [-0.05, 0) is 38.5 Å². The number of ether oxygens (including phenoxy) is 1. The maximum Gasteiger partial charge on any atom is 0.328 e. The second-order valence-corrected chi connectivity index (χ2v) is 4.59. The summed E-state index contributed by atoms with van der Waals surface area (Å²) in [6.45, 7) is 4.73. The first-order valence-corrected chi connectivity index (χ1v) is 5.48. The van der Waals surface area contributed by atoms with Gasteiger partial charge in [0, 0.05) is 0 Å². The first-order valence-electron chi connectivity index (χ1n) is 5.48. The smallest absolute Gasteiger partial charge is 0.328 e. The van der Waals surface area contributed by atoms with Crippen molar-refractivity contribution in [2.45, 2.75) is 26.3 Å². The molecule has 5 nitrogen and oxygen atoms in total. The molecular weight excluding hydrogens is 234 g/mol. The number of aliphatic carboxylic acids is 1. The molecular formula is C13H17NO4. The number of benzene rings is 1. The van der Waals surface area contributed by atoms with Crippen LogP contribution in [0.1, 0.15) is 29.8 Å². The van der Waals surface area contributed by atoms with Gasteiger partial charge < -0.3 is 15.2 Å². The van der Waals surface area contributed by atoms with Crippen molar-refractivity contribution >= 4 is 11.9 Å². The van der Waals surface area contributed by atoms with Gasteiger partial charge >= 0.3 is 5.97 Å². The summed E-state index contributed by atoms with van der Waals surface area (Å²) in [4.78, 5) is 23.0. The SMILES string of the molecule is COc1cc(C)ccc1C(=O)NC(C)(C)C(=O)O. The summed E-state index contributed by atoms with van der Waals surface area (Å²) in [6.07, 6.45) is 0. The molecule has 0 aromatic heterocycles. The topological polar surface area (TPSA) is 75.6 Å². The summed E-state index contributed by atoms with van der Waals surface area (Å²) in [6, 6.07) is 5.11. The molecule has 5 heteroatoms. The average molecular weight is 251 g/mol. The molecule has 1 aromatic rings. The maximum absolute atomic E-state index is 12.0. The lowest BCUT2D eigenvalue weighted by Crippen LogP contribution is -2.49. The maximum atomic E-state index is 12.0. The monoisotopic (exact) mass is 251 g/mol. The normalized spacial score (nSPS) is 10.9. The Morgan fingerprint density at radius 1 is 1.33 bits per heavy atom. The minimum Gasteiger partial charge on any atom is -0.496 e. The highest BCUT2D eigenvalue weighted by atomic mass is 16.5. The second kappa shape index (κ2) is 5.08. The van der Waals surface area contributed by atoms with E-state index in [4.69, 9.17) is 9.84 Å². The van der Waals surface area contributed by atoms with Gasteiger partial charge in [-0.15, -0.1) is 0 Å². The van der Waals surface area contributed by atoms with Crippen molar-refractivity contribution in [2.24, 2.45) is 0 Å². The van der Waals surface area contributed by atoms with Crippen LogP contribution in [0.5, 0.6) is 5.75 Å². The van der Waals surface area contributed by atoms with Crippen molar-refractivity contribution in [3.63, 3.8) is 0 Å². The number of aryl methyl sites for hydroxylation is 1. The van der Waals surface area contributed by atoms with Crippen molar-refractivity contribution in [1.29, 1.82) is 0 Å². The van der Waals surface area contributed by atoms with E-state index in [9.17, 15) is 9.59 Å². The summed E-state index contributed by atoms with van der Waals surface area (Å²) in [5, 5.41) is 11.4. The first-order chi connectivity index (χ1) is 8.27. The molecule has 1 rings (SSSR count). The van der Waals surface area contributed by atoms with Crippen LogP contribution in [0.4, 0.5) is 0 Å². The molecule has 0 unspecified atom stereocenters. The number of nitrogens with one attached hydrogen (secondary N) is 1. The summed E-state index contributed by atoms with van der Waals surface area (Å²) >= 11 is 0. The van der Waals surface area contributed by atoms with Crippen LogP contribution < -0.4 is 10.1 Å². The third-order valence-electron chi connectivity index (χ3n) is 2.56. The molecule has 2 N–H and O–H groups in total. The fourth-order valence-corrected chi connectivity index (χ4v) is 1.39. The van der Waals surface area contributed by atoms with Gasteiger partial charge in [0.05, 0.1) is 12.7 Å². The van der Waals surface area contributed by atoms with Crippen LogP contribution in [0.3, 0.4) is 0 Å². The Hall–Kier alpha value is -2.04. The number of amides is 1. The molecule has 18 heavy (non-hydrogen) atoms. The van der Waals surface area contributed by atoms with Gasteiger partial charge in [-0.2, -0.15) is 0 Å². The molecule has 0 aliphatic rings. The highest BCUT2D eigenvalue weighted by Crippen LogP contribution is 2.20. The molecule has 0 atom stereocenters. The Morgan fingerprint density at radius 3 is 2.44 bits per heavy atom. The van der Waals surface area contributed by atoms with Crippen LogP contribution >= 0.6 is 0 Å². The Morgan fingerprint density at radius 2 is 1.94 bits per heavy atom. The van der Waals surface area contributed by atoms with E-state index < -0.39 is 17.4 Å².